The highest BCUT2D eigenvalue weighted by Crippen LogP contribution is 2.37. The predicted molar refractivity (Wildman–Crippen MR) is 277 cm³/mol. The molecule has 7 rings (SSSR count). The number of aromatic nitrogens is 2. The van der Waals surface area contributed by atoms with Crippen LogP contribution in [0.5, 0.6) is 5.75 Å². The van der Waals surface area contributed by atoms with E-state index in [2.05, 4.69) is 97.6 Å². The van der Waals surface area contributed by atoms with Crippen LogP contribution in [0.15, 0.2) is 60.9 Å². The first-order chi connectivity index (χ1) is 33.0. The highest BCUT2D eigenvalue weighted by Gasteiger charge is 2.42. The molecule has 0 bridgehead atoms. The van der Waals surface area contributed by atoms with Crippen LogP contribution < -0.4 is 36.1 Å². The number of halogens is 2. The number of anilines is 1. The molecule has 5 aromatic rings. The molecule has 4 atom stereocenters. The van der Waals surface area contributed by atoms with E-state index in [-0.39, 0.29) is 41.6 Å². The Kier molecular flexibility index (Phi) is 18.8. The first-order valence-electron chi connectivity index (χ1n) is 24.6. The van der Waals surface area contributed by atoms with Crippen LogP contribution in [-0.2, 0) is 27.3 Å². The lowest BCUT2D eigenvalue weighted by atomic mass is 9.97. The molecule has 4 unspecified atom stereocenters. The number of nitrogens with zero attached hydrogens (tertiary/aromatic N) is 2. The molecule has 16 heteroatoms. The zero-order chi connectivity index (χ0) is 48.0. The van der Waals surface area contributed by atoms with E-state index in [1.54, 1.807) is 6.07 Å². The Balaban J connectivity index is 0.840. The van der Waals surface area contributed by atoms with E-state index in [1.807, 2.05) is 23.9 Å². The van der Waals surface area contributed by atoms with Gasteiger partial charge in [-0.3, -0.25) is 14.4 Å². The van der Waals surface area contributed by atoms with Gasteiger partial charge in [0.1, 0.15) is 18.3 Å². The van der Waals surface area contributed by atoms with Gasteiger partial charge < -0.3 is 41.6 Å². The Hall–Kier alpha value is -4.92. The number of alkyl halides is 2. The fourth-order valence-corrected chi connectivity index (χ4v) is 11.8. The van der Waals surface area contributed by atoms with Crippen LogP contribution in [0.4, 0.5) is 10.5 Å². The Morgan fingerprint density at radius 1 is 0.838 bits per heavy atom. The molecule has 2 aromatic heterocycles. The van der Waals surface area contributed by atoms with Gasteiger partial charge in [0.05, 0.1) is 17.6 Å². The predicted octanol–water partition coefficient (Wildman–Crippen LogP) is 8.17. The van der Waals surface area contributed by atoms with Crippen LogP contribution in [0.25, 0.3) is 32.6 Å². The summed E-state index contributed by atoms with van der Waals surface area (Å²) in [5, 5.41) is 30.3. The van der Waals surface area contributed by atoms with Gasteiger partial charge in [-0.05, 0) is 124 Å². The zero-order valence-electron chi connectivity index (χ0n) is 39.6. The number of thioether (sulfide) groups is 1. The number of unbranched alkanes of at least 4 members (excludes halogenated alkanes) is 4. The van der Waals surface area contributed by atoms with Crippen molar-refractivity contribution in [2.45, 2.75) is 127 Å². The largest absolute Gasteiger partial charge is 0.508 e. The van der Waals surface area contributed by atoms with Crippen molar-refractivity contribution in [3.63, 3.8) is 0 Å². The van der Waals surface area contributed by atoms with Crippen LogP contribution >= 0.6 is 35.0 Å². The van der Waals surface area contributed by atoms with Crippen LogP contribution in [0.3, 0.4) is 0 Å². The molecule has 4 heterocycles. The summed E-state index contributed by atoms with van der Waals surface area (Å²) in [4.78, 5) is 57.0. The SMILES string of the molecule is Cc1c2cc[n+](CCCCCNC(=O)C(CCCCNC(=O)CCCc3ccc(N(CCCl)CCCl)cc3)NC(=O)CCCCC3SCC4NC(=O)NC43)cc2c(C)c2c1[nH]c1ccc(O)cc12. The quantitative estimate of drug-likeness (QED) is 0.0120. The number of nitrogens with one attached hydrogen (secondary N) is 6. The Bertz CT molecular complexity index is 2520. The molecule has 13 nitrogen and oxygen atoms in total. The summed E-state index contributed by atoms with van der Waals surface area (Å²) < 4.78 is 2.23. The first kappa shape index (κ1) is 50.9. The van der Waals surface area contributed by atoms with Crippen molar-refractivity contribution >= 4 is 97.0 Å². The minimum Gasteiger partial charge on any atom is -0.508 e. The maximum atomic E-state index is 13.6. The van der Waals surface area contributed by atoms with Crippen molar-refractivity contribution in [3.05, 3.63) is 77.6 Å². The number of phenols is 1. The highest BCUT2D eigenvalue weighted by molar-refractivity contribution is 8.00. The van der Waals surface area contributed by atoms with Crippen LogP contribution in [0.2, 0.25) is 0 Å². The third-order valence-electron chi connectivity index (χ3n) is 13.6. The van der Waals surface area contributed by atoms with E-state index in [0.717, 1.165) is 97.8 Å². The molecule has 2 aliphatic heterocycles. The van der Waals surface area contributed by atoms with E-state index < -0.39 is 6.04 Å². The number of carbonyl (C=O) groups excluding carboxylic acids is 4. The second kappa shape index (κ2) is 25.1. The molecule has 0 spiro atoms. The number of hydrogen-bond acceptors (Lipinski definition) is 7. The number of H-pyrrole nitrogens is 1. The number of pyridine rings is 1. The van der Waals surface area contributed by atoms with Crippen molar-refractivity contribution < 1.29 is 28.9 Å². The molecular formula is C52H69Cl2N8O5S+. The van der Waals surface area contributed by atoms with E-state index in [1.165, 1.54) is 27.5 Å². The highest BCUT2D eigenvalue weighted by atomic mass is 35.5. The summed E-state index contributed by atoms with van der Waals surface area (Å²) >= 11 is 13.8. The average molecular weight is 989 g/mol. The number of carbonyl (C=O) groups is 4. The van der Waals surface area contributed by atoms with Crippen LogP contribution in [0.1, 0.15) is 93.7 Å². The third-order valence-corrected chi connectivity index (χ3v) is 15.5. The fraction of sp³-hybridized carbons (Fsp3) is 0.519. The maximum absolute atomic E-state index is 13.6. The van der Waals surface area contributed by atoms with Gasteiger partial charge in [-0.2, -0.15) is 11.8 Å². The number of aromatic hydroxyl groups is 1. The number of phenolic OH excluding ortho intramolecular Hbond substituents is 1. The lowest BCUT2D eigenvalue weighted by Crippen LogP contribution is -2.47. The molecule has 7 N–H and O–H groups in total. The summed E-state index contributed by atoms with van der Waals surface area (Å²) in [7, 11) is 0. The molecule has 68 heavy (non-hydrogen) atoms. The number of urea groups is 1. The van der Waals surface area contributed by atoms with Gasteiger partial charge in [0.25, 0.3) is 0 Å². The number of hydrogen-bond donors (Lipinski definition) is 7. The molecule has 3 aromatic carbocycles. The maximum Gasteiger partial charge on any atom is 0.315 e. The van der Waals surface area contributed by atoms with Gasteiger partial charge in [0, 0.05) is 102 Å². The van der Waals surface area contributed by atoms with Gasteiger partial charge in [-0.15, -0.1) is 23.2 Å². The summed E-state index contributed by atoms with van der Waals surface area (Å²) in [6.45, 7) is 7.64. The van der Waals surface area contributed by atoms with Crippen LogP contribution in [0, 0.1) is 13.8 Å². The van der Waals surface area contributed by atoms with Gasteiger partial charge >= 0.3 is 6.03 Å². The molecule has 366 valence electrons. The second-order valence-corrected chi connectivity index (χ2v) is 20.5. The Morgan fingerprint density at radius 3 is 2.40 bits per heavy atom. The van der Waals surface area contributed by atoms with Gasteiger partial charge in [-0.1, -0.05) is 18.6 Å². The van der Waals surface area contributed by atoms with Crippen LogP contribution in [-0.4, -0.2) is 101 Å². The second-order valence-electron chi connectivity index (χ2n) is 18.4. The topological polar surface area (TPSA) is 172 Å². The van der Waals surface area contributed by atoms with Crippen molar-refractivity contribution in [1.82, 2.24) is 31.6 Å². The number of fused-ring (bicyclic) bond motifs is 5. The molecule has 5 amide bonds. The third kappa shape index (κ3) is 13.4. The monoisotopic (exact) mass is 987 g/mol. The van der Waals surface area contributed by atoms with Crippen molar-refractivity contribution in [2.75, 3.05) is 48.6 Å². The smallest absolute Gasteiger partial charge is 0.315 e. The summed E-state index contributed by atoms with van der Waals surface area (Å²) in [6, 6.07) is 15.6. The molecule has 0 saturated carbocycles. The lowest BCUT2D eigenvalue weighted by Gasteiger charge is -2.23. The normalized spacial score (nSPS) is 17.0. The Morgan fingerprint density at radius 2 is 1.60 bits per heavy atom. The molecule has 2 fully saturated rings. The zero-order valence-corrected chi connectivity index (χ0v) is 41.9. The molecule has 2 saturated heterocycles. The van der Waals surface area contributed by atoms with Gasteiger partial charge in [-0.25, -0.2) is 9.36 Å². The number of benzene rings is 3. The minimum absolute atomic E-state index is 0.00992. The van der Waals surface area contributed by atoms with E-state index in [0.29, 0.717) is 68.6 Å². The van der Waals surface area contributed by atoms with Crippen molar-refractivity contribution in [2.24, 2.45) is 0 Å². The van der Waals surface area contributed by atoms with Gasteiger partial charge in [0.15, 0.2) is 12.4 Å². The lowest BCUT2D eigenvalue weighted by molar-refractivity contribution is -0.696. The summed E-state index contributed by atoms with van der Waals surface area (Å²) in [6.07, 6.45) is 13.7. The molecule has 0 aliphatic carbocycles. The number of rotatable bonds is 27. The Labute approximate surface area is 414 Å². The minimum atomic E-state index is -0.653. The van der Waals surface area contributed by atoms with Crippen molar-refractivity contribution in [3.8, 4) is 5.75 Å². The molecular weight excluding hydrogens is 920 g/mol. The molecule has 2 aliphatic rings. The fourth-order valence-electron chi connectivity index (χ4n) is 9.85. The van der Waals surface area contributed by atoms with E-state index in [4.69, 9.17) is 23.2 Å². The van der Waals surface area contributed by atoms with Gasteiger partial charge in [0.2, 0.25) is 17.7 Å². The van der Waals surface area contributed by atoms with E-state index >= 15 is 0 Å². The first-order valence-corrected chi connectivity index (χ1v) is 26.7. The standard InChI is InChI=1S/C52H68Cl2N8O5S/c1-34-41-32-61(28-22-39(41)35(2)49-48(34)40-31-38(63)20-21-42(40)58-49)27-9-3-7-26-56-51(66)43(57-47(65)14-5-4-13-45-50-44(33-68-45)59-52(67)60-50)12-6-8-25-55-46(64)15-10-11-36-16-18-37(19-17-36)62(29-23-53)30-24-54/h16-22,28,31-32,43-45,50H,3-15,23-27,29-30,33H2,1-2H3,(H6,55,56,57,59,60,63,64,65,66,67)/p+1. The van der Waals surface area contributed by atoms with Crippen molar-refractivity contribution in [1.29, 1.82) is 0 Å². The number of aryl methyl sites for hydroxylation is 4. The number of amides is 5. The average Bonchev–Trinajstić information content (AvgIpc) is 4.02. The number of aromatic amines is 1. The molecule has 0 radical (unpaired) electrons. The summed E-state index contributed by atoms with van der Waals surface area (Å²) in [5.41, 5.74) is 6.74. The van der Waals surface area contributed by atoms with E-state index in [9.17, 15) is 24.3 Å². The summed E-state index contributed by atoms with van der Waals surface area (Å²) in [5.74, 6) is 1.93.